The lowest BCUT2D eigenvalue weighted by Crippen LogP contribution is -2.38. The average Bonchev–Trinajstić information content (AvgIpc) is 3.09. The summed E-state index contributed by atoms with van der Waals surface area (Å²) in [6.45, 7) is 7.43. The molecule has 6 rings (SSSR count). The minimum atomic E-state index is -0.297. The van der Waals surface area contributed by atoms with Crippen molar-refractivity contribution in [1.82, 2.24) is 20.0 Å². The number of hydrogen-bond acceptors (Lipinski definition) is 9. The lowest BCUT2D eigenvalue weighted by atomic mass is 10.0. The van der Waals surface area contributed by atoms with E-state index in [1.807, 2.05) is 48.5 Å². The molecule has 2 aliphatic rings. The van der Waals surface area contributed by atoms with Gasteiger partial charge < -0.3 is 24.3 Å². The van der Waals surface area contributed by atoms with Crippen LogP contribution < -0.4 is 19.5 Å². The highest BCUT2D eigenvalue weighted by atomic mass is 35.5. The van der Waals surface area contributed by atoms with E-state index < -0.39 is 0 Å². The summed E-state index contributed by atoms with van der Waals surface area (Å²) in [6, 6.07) is 19.5. The number of ether oxygens (including phenoxy) is 4. The number of piperidine rings is 1. The fourth-order valence-electron chi connectivity index (χ4n) is 6.07. The average molecular weight is 652 g/mol. The Hall–Kier alpha value is -3.70. The van der Waals surface area contributed by atoms with Gasteiger partial charge in [0.15, 0.2) is 17.4 Å². The number of nitrogens with zero attached hydrogens (tertiary/aromatic N) is 4. The van der Waals surface area contributed by atoms with Crippen molar-refractivity contribution in [2.24, 2.45) is 0 Å². The number of likely N-dealkylation sites (tertiary alicyclic amines) is 1. The van der Waals surface area contributed by atoms with Gasteiger partial charge in [0.25, 0.3) is 0 Å². The molecule has 3 heterocycles. The first-order valence-corrected chi connectivity index (χ1v) is 15.8. The van der Waals surface area contributed by atoms with Crippen LogP contribution in [0.25, 0.3) is 22.0 Å². The van der Waals surface area contributed by atoms with E-state index in [2.05, 4.69) is 25.3 Å². The van der Waals surface area contributed by atoms with Crippen LogP contribution >= 0.6 is 12.4 Å². The summed E-state index contributed by atoms with van der Waals surface area (Å²) in [5.74, 6) is 2.35. The Morgan fingerprint density at radius 2 is 1.59 bits per heavy atom. The van der Waals surface area contributed by atoms with Crippen LogP contribution in [-0.4, -0.2) is 92.8 Å². The van der Waals surface area contributed by atoms with Crippen molar-refractivity contribution in [2.45, 2.75) is 31.8 Å². The Balaban J connectivity index is 0.00000417. The maximum atomic E-state index is 14.8. The van der Waals surface area contributed by atoms with E-state index in [1.54, 1.807) is 26.4 Å². The minimum Gasteiger partial charge on any atom is -0.497 e. The highest BCUT2D eigenvalue weighted by molar-refractivity contribution is 6.00. The number of halogens is 2. The molecule has 2 aliphatic heterocycles. The summed E-state index contributed by atoms with van der Waals surface area (Å²) >= 11 is 0. The van der Waals surface area contributed by atoms with Gasteiger partial charge in [-0.2, -0.15) is 0 Å². The highest BCUT2D eigenvalue weighted by Gasteiger charge is 2.22. The molecule has 1 N–H and O–H groups in total. The summed E-state index contributed by atoms with van der Waals surface area (Å²) < 4.78 is 36.8. The van der Waals surface area contributed by atoms with Gasteiger partial charge in [0.2, 0.25) is 0 Å². The number of nitrogens with one attached hydrogen (secondary N) is 1. The number of benzene rings is 3. The van der Waals surface area contributed by atoms with Gasteiger partial charge in [-0.1, -0.05) is 6.07 Å². The van der Waals surface area contributed by atoms with Gasteiger partial charge in [-0.15, -0.1) is 22.6 Å². The van der Waals surface area contributed by atoms with E-state index in [0.717, 1.165) is 110 Å². The molecule has 2 saturated heterocycles. The van der Waals surface area contributed by atoms with Crippen molar-refractivity contribution in [3.8, 4) is 28.5 Å². The van der Waals surface area contributed by atoms with Crippen LogP contribution in [0.5, 0.6) is 17.2 Å². The zero-order valence-electron chi connectivity index (χ0n) is 26.5. The lowest BCUT2D eigenvalue weighted by Gasteiger charge is -2.32. The third-order valence-corrected chi connectivity index (χ3v) is 8.66. The number of rotatable bonds is 12. The Kier molecular flexibility index (Phi) is 11.9. The molecule has 4 aromatic rings. The van der Waals surface area contributed by atoms with Crippen LogP contribution in [0, 0.1) is 5.82 Å². The van der Waals surface area contributed by atoms with Gasteiger partial charge in [-0.3, -0.25) is 9.80 Å². The molecular weight excluding hydrogens is 609 g/mol. The van der Waals surface area contributed by atoms with Gasteiger partial charge in [0.1, 0.15) is 17.2 Å². The van der Waals surface area contributed by atoms with Crippen LogP contribution in [0.4, 0.5) is 10.2 Å². The van der Waals surface area contributed by atoms with Crippen LogP contribution in [0.15, 0.2) is 60.7 Å². The molecule has 0 atom stereocenters. The van der Waals surface area contributed by atoms with Crippen molar-refractivity contribution < 1.29 is 23.3 Å². The smallest absolute Gasteiger partial charge is 0.165 e. The van der Waals surface area contributed by atoms with Gasteiger partial charge in [0.05, 0.1) is 34.0 Å². The molecule has 11 heteroatoms. The van der Waals surface area contributed by atoms with Crippen LogP contribution in [-0.2, 0) is 11.3 Å². The maximum Gasteiger partial charge on any atom is 0.165 e. The SMILES string of the molecule is COc1ccc(-c2nnc(NC3CCN(Cc4ccc(OCCCN5CCOCC5)c(F)c4)CC3)c3cc(OC)ccc23)cc1.Cl. The summed E-state index contributed by atoms with van der Waals surface area (Å²) in [5, 5.41) is 14.9. The Morgan fingerprint density at radius 3 is 2.30 bits per heavy atom. The minimum absolute atomic E-state index is 0. The summed E-state index contributed by atoms with van der Waals surface area (Å²) in [6.07, 6.45) is 2.76. The van der Waals surface area contributed by atoms with E-state index in [4.69, 9.17) is 18.9 Å². The molecular formula is C35H43ClFN5O4. The molecule has 0 amide bonds. The molecule has 0 aliphatic carbocycles. The molecule has 46 heavy (non-hydrogen) atoms. The van der Waals surface area contributed by atoms with Crippen LogP contribution in [0.3, 0.4) is 0 Å². The van der Waals surface area contributed by atoms with E-state index in [0.29, 0.717) is 18.9 Å². The van der Waals surface area contributed by atoms with Gasteiger partial charge in [-0.25, -0.2) is 4.39 Å². The van der Waals surface area contributed by atoms with Gasteiger partial charge in [0, 0.05) is 61.6 Å². The zero-order valence-corrected chi connectivity index (χ0v) is 27.4. The number of fused-ring (bicyclic) bond motifs is 1. The molecule has 2 fully saturated rings. The number of aromatic nitrogens is 2. The topological polar surface area (TPSA) is 81.2 Å². The first-order chi connectivity index (χ1) is 22.1. The summed E-state index contributed by atoms with van der Waals surface area (Å²) in [7, 11) is 3.33. The first-order valence-electron chi connectivity index (χ1n) is 15.8. The molecule has 0 saturated carbocycles. The largest absolute Gasteiger partial charge is 0.497 e. The molecule has 9 nitrogen and oxygen atoms in total. The second-order valence-electron chi connectivity index (χ2n) is 11.7. The van der Waals surface area contributed by atoms with Crippen molar-refractivity contribution in [1.29, 1.82) is 0 Å². The van der Waals surface area contributed by atoms with Gasteiger partial charge in [-0.05, 0) is 79.4 Å². The molecule has 0 radical (unpaired) electrons. The van der Waals surface area contributed by atoms with Crippen molar-refractivity contribution >= 4 is 29.0 Å². The molecule has 3 aromatic carbocycles. The van der Waals surface area contributed by atoms with Gasteiger partial charge >= 0.3 is 0 Å². The van der Waals surface area contributed by atoms with Crippen LogP contribution in [0.2, 0.25) is 0 Å². The summed E-state index contributed by atoms with van der Waals surface area (Å²) in [5.41, 5.74) is 2.74. The highest BCUT2D eigenvalue weighted by Crippen LogP contribution is 2.34. The number of morpholine rings is 1. The third-order valence-electron chi connectivity index (χ3n) is 8.66. The maximum absolute atomic E-state index is 14.8. The van der Waals surface area contributed by atoms with E-state index in [9.17, 15) is 4.39 Å². The Bertz CT molecular complexity index is 1560. The summed E-state index contributed by atoms with van der Waals surface area (Å²) in [4.78, 5) is 4.73. The molecule has 246 valence electrons. The van der Waals surface area contributed by atoms with Crippen LogP contribution in [0.1, 0.15) is 24.8 Å². The van der Waals surface area contributed by atoms with E-state index in [1.165, 1.54) is 0 Å². The second kappa shape index (κ2) is 16.2. The first kappa shape index (κ1) is 33.7. The molecule has 0 spiro atoms. The predicted octanol–water partition coefficient (Wildman–Crippen LogP) is 6.05. The fraction of sp³-hybridized carbons (Fsp3) is 0.429. The van der Waals surface area contributed by atoms with E-state index in [-0.39, 0.29) is 24.3 Å². The molecule has 0 unspecified atom stereocenters. The monoisotopic (exact) mass is 651 g/mol. The Morgan fingerprint density at radius 1 is 0.848 bits per heavy atom. The zero-order chi connectivity index (χ0) is 31.0. The van der Waals surface area contributed by atoms with Crippen molar-refractivity contribution in [2.75, 3.05) is 72.1 Å². The molecule has 1 aromatic heterocycles. The third kappa shape index (κ3) is 8.36. The lowest BCUT2D eigenvalue weighted by molar-refractivity contribution is 0.0357. The quantitative estimate of drug-likeness (QED) is 0.184. The van der Waals surface area contributed by atoms with Crippen molar-refractivity contribution in [3.63, 3.8) is 0 Å². The number of anilines is 1. The number of methoxy groups -OCH3 is 2. The predicted molar refractivity (Wildman–Crippen MR) is 181 cm³/mol. The molecule has 0 bridgehead atoms. The Labute approximate surface area is 276 Å². The van der Waals surface area contributed by atoms with E-state index >= 15 is 0 Å². The van der Waals surface area contributed by atoms with Crippen molar-refractivity contribution in [3.05, 3.63) is 72.0 Å². The second-order valence-corrected chi connectivity index (χ2v) is 11.7. The fourth-order valence-corrected chi connectivity index (χ4v) is 6.07. The standard InChI is InChI=1S/C35H42FN5O4.ClH/c1-42-28-7-5-26(6-8-28)34-30-10-9-29(43-2)23-31(30)35(39-38-34)37-27-12-15-41(16-13-27)24-25-4-11-33(32(36)22-25)45-19-3-14-40-17-20-44-21-18-40;/h4-11,22-23,27H,3,12-21,24H2,1-2H3,(H,37,39);1H. The number of hydrogen-bond donors (Lipinski definition) is 1. The normalized spacial score (nSPS) is 16.2.